The number of phosphoric ester groups is 2. The molecule has 0 aromatic rings. The summed E-state index contributed by atoms with van der Waals surface area (Å²) < 4.78 is 35.1. The fourth-order valence-corrected chi connectivity index (χ4v) is 3.28. The van der Waals surface area contributed by atoms with Crippen molar-refractivity contribution in [2.24, 2.45) is 11.5 Å². The van der Waals surface area contributed by atoms with E-state index in [1.54, 1.807) is 0 Å². The molecule has 0 bridgehead atoms. The SMILES string of the molecule is N[C@@H](C=O)[C@@H](OP(=O)(O)OC(=O)[C@H](N)[C@@H](O)[C@H](O)[C@H](O)CO)[C@H](O)[C@H](O)COP(=O)(O)O. The molecule has 0 rings (SSSR count). The van der Waals surface area contributed by atoms with Crippen molar-refractivity contribution in [1.82, 2.24) is 0 Å². The number of carbonyl (C=O) groups excluding carboxylic acids is 2. The average molecular weight is 516 g/mol. The molecule has 0 aliphatic rings. The van der Waals surface area contributed by atoms with E-state index >= 15 is 0 Å². The average Bonchev–Trinajstić information content (AvgIpc) is 2.71. The van der Waals surface area contributed by atoms with Crippen LogP contribution in [-0.4, -0.2) is 119 Å². The van der Waals surface area contributed by atoms with Crippen LogP contribution in [0.3, 0.4) is 0 Å². The van der Waals surface area contributed by atoms with Crippen LogP contribution >= 0.6 is 15.6 Å². The molecule has 1 unspecified atom stereocenters. The van der Waals surface area contributed by atoms with E-state index in [4.69, 9.17) is 26.4 Å². The second-order valence-corrected chi connectivity index (χ2v) is 8.83. The highest BCUT2D eigenvalue weighted by atomic mass is 31.2. The number of rotatable bonds is 15. The third-order valence-corrected chi connectivity index (χ3v) is 5.12. The molecule has 190 valence electrons. The number of aldehydes is 1. The van der Waals surface area contributed by atoms with Gasteiger partial charge in [0.2, 0.25) is 0 Å². The second kappa shape index (κ2) is 13.1. The smallest absolute Gasteiger partial charge is 0.394 e. The summed E-state index contributed by atoms with van der Waals surface area (Å²) in [5.74, 6) is -1.88. The molecule has 0 saturated heterocycles. The molecule has 13 N–H and O–H groups in total. The lowest BCUT2D eigenvalue weighted by Crippen LogP contribution is -2.53. The Morgan fingerprint density at radius 3 is 1.91 bits per heavy atom. The van der Waals surface area contributed by atoms with Crippen LogP contribution in [0.25, 0.3) is 0 Å². The Kier molecular flexibility index (Phi) is 12.7. The molecule has 0 aromatic carbocycles. The summed E-state index contributed by atoms with van der Waals surface area (Å²) in [4.78, 5) is 49.6. The van der Waals surface area contributed by atoms with Gasteiger partial charge in [-0.15, -0.1) is 0 Å². The van der Waals surface area contributed by atoms with Gasteiger partial charge in [0, 0.05) is 0 Å². The van der Waals surface area contributed by atoms with Crippen molar-refractivity contribution in [2.45, 2.75) is 48.7 Å². The molecule has 0 spiro atoms. The van der Waals surface area contributed by atoms with Crippen molar-refractivity contribution in [3.8, 4) is 0 Å². The van der Waals surface area contributed by atoms with E-state index in [1.165, 1.54) is 0 Å². The zero-order valence-electron chi connectivity index (χ0n) is 16.0. The van der Waals surface area contributed by atoms with Gasteiger partial charge in [-0.1, -0.05) is 0 Å². The van der Waals surface area contributed by atoms with E-state index in [-0.39, 0.29) is 6.29 Å². The fraction of sp³-hybridized carbons (Fsp3) is 0.833. The monoisotopic (exact) mass is 516 g/mol. The molecule has 0 aromatic heterocycles. The van der Waals surface area contributed by atoms with Gasteiger partial charge in [0.15, 0.2) is 0 Å². The van der Waals surface area contributed by atoms with E-state index in [1.807, 2.05) is 0 Å². The van der Waals surface area contributed by atoms with Crippen molar-refractivity contribution < 1.29 is 77.6 Å². The molecule has 0 fully saturated rings. The van der Waals surface area contributed by atoms with Crippen molar-refractivity contribution in [3.63, 3.8) is 0 Å². The van der Waals surface area contributed by atoms with Gasteiger partial charge in [0.1, 0.15) is 49.0 Å². The van der Waals surface area contributed by atoms with E-state index in [2.05, 4.69) is 13.6 Å². The zero-order chi connectivity index (χ0) is 25.4. The Labute approximate surface area is 179 Å². The molecule has 0 aliphatic carbocycles. The van der Waals surface area contributed by atoms with Crippen LogP contribution in [0.4, 0.5) is 0 Å². The van der Waals surface area contributed by atoms with Crippen LogP contribution in [-0.2, 0) is 32.3 Å². The third kappa shape index (κ3) is 10.3. The van der Waals surface area contributed by atoms with Crippen molar-refractivity contribution in [1.29, 1.82) is 0 Å². The van der Waals surface area contributed by atoms with Crippen LogP contribution in [0, 0.1) is 0 Å². The number of phosphoric acid groups is 2. The molecule has 18 nitrogen and oxygen atoms in total. The third-order valence-electron chi connectivity index (χ3n) is 3.71. The zero-order valence-corrected chi connectivity index (χ0v) is 17.8. The van der Waals surface area contributed by atoms with Crippen LogP contribution in [0.1, 0.15) is 0 Å². The molecular weight excluding hydrogens is 490 g/mol. The van der Waals surface area contributed by atoms with Crippen molar-refractivity contribution in [2.75, 3.05) is 13.2 Å². The summed E-state index contributed by atoms with van der Waals surface area (Å²) in [7, 11) is -10.7. The lowest BCUT2D eigenvalue weighted by Gasteiger charge is -2.30. The number of hydrogen-bond donors (Lipinski definition) is 11. The number of aliphatic hydroxyl groups excluding tert-OH is 6. The Morgan fingerprint density at radius 2 is 1.47 bits per heavy atom. The minimum Gasteiger partial charge on any atom is -0.394 e. The van der Waals surface area contributed by atoms with Gasteiger partial charge in [-0.25, -0.2) is 13.9 Å². The first-order valence-electron chi connectivity index (χ1n) is 8.39. The molecule has 9 atom stereocenters. The van der Waals surface area contributed by atoms with Gasteiger partial charge in [-0.3, -0.25) is 13.9 Å². The summed E-state index contributed by atoms with van der Waals surface area (Å²) in [6, 6.07) is -4.21. The van der Waals surface area contributed by atoms with E-state index < -0.39 is 83.5 Å². The van der Waals surface area contributed by atoms with E-state index in [0.29, 0.717) is 0 Å². The number of aliphatic hydroxyl groups is 6. The first kappa shape index (κ1) is 31.1. The molecule has 0 heterocycles. The topological polar surface area (TPSA) is 330 Å². The van der Waals surface area contributed by atoms with Crippen molar-refractivity contribution in [3.05, 3.63) is 0 Å². The highest BCUT2D eigenvalue weighted by Gasteiger charge is 2.42. The normalized spacial score (nSPS) is 21.8. The fourth-order valence-electron chi connectivity index (χ4n) is 1.97. The van der Waals surface area contributed by atoms with Gasteiger partial charge in [-0.2, -0.15) is 0 Å². The minimum atomic E-state index is -5.61. The van der Waals surface area contributed by atoms with Gasteiger partial charge < -0.3 is 61.2 Å². The summed E-state index contributed by atoms with van der Waals surface area (Å²) in [5, 5.41) is 56.8. The molecule has 0 radical (unpaired) electrons. The number of hydrogen-bond acceptors (Lipinski definition) is 15. The molecule has 0 aliphatic heterocycles. The Morgan fingerprint density at radius 1 is 0.938 bits per heavy atom. The summed E-state index contributed by atoms with van der Waals surface area (Å²) in [6.07, 6.45) is -13.4. The highest BCUT2D eigenvalue weighted by Crippen LogP contribution is 2.46. The molecule has 20 heteroatoms. The van der Waals surface area contributed by atoms with Crippen LogP contribution in [0.5, 0.6) is 0 Å². The quantitative estimate of drug-likeness (QED) is 0.0712. The number of carbonyl (C=O) groups is 2. The minimum absolute atomic E-state index is 0.117. The Hall–Kier alpha value is -0.920. The van der Waals surface area contributed by atoms with Crippen LogP contribution < -0.4 is 11.5 Å². The maximum atomic E-state index is 12.1. The summed E-state index contributed by atoms with van der Waals surface area (Å²) >= 11 is 0. The van der Waals surface area contributed by atoms with E-state index in [0.717, 1.165) is 0 Å². The Balaban J connectivity index is 5.35. The maximum absolute atomic E-state index is 12.1. The Bertz CT molecular complexity index is 705. The van der Waals surface area contributed by atoms with E-state index in [9.17, 15) is 49.1 Å². The van der Waals surface area contributed by atoms with Crippen molar-refractivity contribution >= 4 is 27.9 Å². The predicted molar refractivity (Wildman–Crippen MR) is 97.9 cm³/mol. The number of nitrogens with two attached hydrogens (primary N) is 2. The first-order valence-corrected chi connectivity index (χ1v) is 11.4. The molecular formula is C12H26N2O16P2. The predicted octanol–water partition coefficient (Wildman–Crippen LogP) is -6.23. The van der Waals surface area contributed by atoms with Crippen LogP contribution in [0.2, 0.25) is 0 Å². The van der Waals surface area contributed by atoms with Gasteiger partial charge in [0.05, 0.1) is 19.3 Å². The van der Waals surface area contributed by atoms with Gasteiger partial charge >= 0.3 is 21.6 Å². The maximum Gasteiger partial charge on any atom is 0.530 e. The molecule has 0 saturated carbocycles. The molecule has 32 heavy (non-hydrogen) atoms. The standard InChI is InChI=1S/C12H26N2O16P2/c13-4(1-15)11(9(20)6(18)3-28-31(23,24)25)29-32(26,27)30-12(22)7(14)10(21)8(19)5(17)2-16/h1,4-11,16-21H,2-3,13-14H2,(H,26,27)(H2,23,24,25)/t4-,5+,6+,7+,8+,9+,10+,11+/m0/s1. The highest BCUT2D eigenvalue weighted by molar-refractivity contribution is 7.48. The molecule has 0 amide bonds. The summed E-state index contributed by atoms with van der Waals surface area (Å²) in [5.41, 5.74) is 10.5. The van der Waals surface area contributed by atoms with Gasteiger partial charge in [0.25, 0.3) is 0 Å². The lowest BCUT2D eigenvalue weighted by molar-refractivity contribution is -0.147. The summed E-state index contributed by atoms with van der Waals surface area (Å²) in [6.45, 7) is -2.28. The largest absolute Gasteiger partial charge is 0.530 e. The van der Waals surface area contributed by atoms with Crippen LogP contribution in [0.15, 0.2) is 0 Å². The van der Waals surface area contributed by atoms with Gasteiger partial charge in [-0.05, 0) is 0 Å². The first-order chi connectivity index (χ1) is 14.5. The second-order valence-electron chi connectivity index (χ2n) is 6.26. The lowest BCUT2D eigenvalue weighted by atomic mass is 10.0.